The second kappa shape index (κ2) is 3.97. The molecule has 0 radical (unpaired) electrons. The maximum atomic E-state index is 12.7. The summed E-state index contributed by atoms with van der Waals surface area (Å²) in [5, 5.41) is 0. The van der Waals surface area contributed by atoms with E-state index in [1.54, 1.807) is 0 Å². The number of hydrogen-bond acceptors (Lipinski definition) is 3. The Morgan fingerprint density at radius 1 is 1.60 bits per heavy atom. The molecule has 1 atom stereocenters. The van der Waals surface area contributed by atoms with Gasteiger partial charge in [-0.1, -0.05) is 0 Å². The van der Waals surface area contributed by atoms with Gasteiger partial charge in [-0.3, -0.25) is 4.79 Å². The van der Waals surface area contributed by atoms with E-state index in [4.69, 9.17) is 5.73 Å². The van der Waals surface area contributed by atoms with Gasteiger partial charge in [0.1, 0.15) is 0 Å². The van der Waals surface area contributed by atoms with Crippen LogP contribution in [0.3, 0.4) is 0 Å². The lowest BCUT2D eigenvalue weighted by molar-refractivity contribution is -0.263. The molecule has 1 aliphatic rings. The van der Waals surface area contributed by atoms with Gasteiger partial charge in [-0.05, 0) is 0 Å². The topological polar surface area (TPSA) is 55.6 Å². The zero-order valence-electron chi connectivity index (χ0n) is 8.30. The smallest absolute Gasteiger partial charge is 0.367 e. The van der Waals surface area contributed by atoms with Crippen LogP contribution >= 0.6 is 0 Å². The van der Waals surface area contributed by atoms with Gasteiger partial charge in [0.05, 0.1) is 13.1 Å². The molecule has 15 heavy (non-hydrogen) atoms. The van der Waals surface area contributed by atoms with Gasteiger partial charge in [-0.2, -0.15) is 13.2 Å². The zero-order chi connectivity index (χ0) is 11.7. The number of nitrogens with zero attached hydrogens (tertiary/aromatic N) is 1. The minimum atomic E-state index is -4.47. The largest absolute Gasteiger partial charge is 0.419 e. The molecule has 1 unspecified atom stereocenters. The predicted octanol–water partition coefficient (Wildman–Crippen LogP) is 0.125. The number of nitrogens with two attached hydrogens (primary N) is 1. The Bertz CT molecular complexity index is 257. The number of carbonyl (C=O) groups excluding carboxylic acids is 1. The summed E-state index contributed by atoms with van der Waals surface area (Å²) >= 11 is 0. The number of alkyl halides is 3. The standard InChI is InChI=1S/C8H13F3N2O2/c1-15-7(8(9,10)11)2-3-13(5-7)6(14)4-12/h2-5,12H2,1H3. The van der Waals surface area contributed by atoms with E-state index in [1.807, 2.05) is 0 Å². The van der Waals surface area contributed by atoms with Crippen molar-refractivity contribution < 1.29 is 22.7 Å². The van der Waals surface area contributed by atoms with Crippen LogP contribution in [0.15, 0.2) is 0 Å². The molecular weight excluding hydrogens is 213 g/mol. The van der Waals surface area contributed by atoms with Gasteiger partial charge < -0.3 is 15.4 Å². The molecule has 1 rings (SSSR count). The van der Waals surface area contributed by atoms with Crippen molar-refractivity contribution in [1.29, 1.82) is 0 Å². The Kier molecular flexibility index (Phi) is 3.25. The molecule has 88 valence electrons. The van der Waals surface area contributed by atoms with Crippen LogP contribution < -0.4 is 5.73 Å². The second-order valence-electron chi connectivity index (χ2n) is 3.47. The zero-order valence-corrected chi connectivity index (χ0v) is 8.30. The van der Waals surface area contributed by atoms with Crippen LogP contribution in [0.4, 0.5) is 13.2 Å². The van der Waals surface area contributed by atoms with Crippen molar-refractivity contribution in [2.24, 2.45) is 5.73 Å². The van der Waals surface area contributed by atoms with E-state index in [0.717, 1.165) is 12.0 Å². The Labute approximate surface area is 85.2 Å². The maximum absolute atomic E-state index is 12.7. The number of ether oxygens (including phenoxy) is 1. The number of methoxy groups -OCH3 is 1. The highest BCUT2D eigenvalue weighted by Gasteiger charge is 2.59. The fourth-order valence-electron chi connectivity index (χ4n) is 1.64. The minimum absolute atomic E-state index is 0.0311. The van der Waals surface area contributed by atoms with Crippen LogP contribution in [-0.2, 0) is 9.53 Å². The number of halogens is 3. The summed E-state index contributed by atoms with van der Waals surface area (Å²) in [5.74, 6) is -0.488. The van der Waals surface area contributed by atoms with Crippen molar-refractivity contribution in [3.05, 3.63) is 0 Å². The first kappa shape index (κ1) is 12.3. The lowest BCUT2D eigenvalue weighted by atomic mass is 10.0. The SMILES string of the molecule is COC1(C(F)(F)F)CCN(C(=O)CN)C1. The van der Waals surface area contributed by atoms with E-state index in [2.05, 4.69) is 4.74 Å². The molecule has 1 saturated heterocycles. The van der Waals surface area contributed by atoms with E-state index in [1.165, 1.54) is 0 Å². The molecule has 1 heterocycles. The van der Waals surface area contributed by atoms with Gasteiger partial charge in [0.2, 0.25) is 5.91 Å². The first-order chi connectivity index (χ1) is 6.86. The first-order valence-electron chi connectivity index (χ1n) is 4.46. The summed E-state index contributed by atoms with van der Waals surface area (Å²) in [6, 6.07) is 0. The number of amides is 1. The average Bonchev–Trinajstić information content (AvgIpc) is 2.61. The van der Waals surface area contributed by atoms with E-state index >= 15 is 0 Å². The quantitative estimate of drug-likeness (QED) is 0.727. The van der Waals surface area contributed by atoms with Crippen LogP contribution in [0.25, 0.3) is 0 Å². The molecule has 1 amide bonds. The summed E-state index contributed by atoms with van der Waals surface area (Å²) in [5.41, 5.74) is 2.85. The highest BCUT2D eigenvalue weighted by Crippen LogP contribution is 2.40. The molecule has 1 fully saturated rings. The fraction of sp³-hybridized carbons (Fsp3) is 0.875. The first-order valence-corrected chi connectivity index (χ1v) is 4.46. The third-order valence-corrected chi connectivity index (χ3v) is 2.67. The van der Waals surface area contributed by atoms with Crippen molar-refractivity contribution in [2.45, 2.75) is 18.2 Å². The van der Waals surface area contributed by atoms with Gasteiger partial charge in [0, 0.05) is 20.1 Å². The van der Waals surface area contributed by atoms with Crippen LogP contribution in [0, 0.1) is 0 Å². The third-order valence-electron chi connectivity index (χ3n) is 2.67. The summed E-state index contributed by atoms with van der Waals surface area (Å²) in [6.07, 6.45) is -4.70. The molecule has 1 aliphatic heterocycles. The van der Waals surface area contributed by atoms with Crippen molar-refractivity contribution in [2.75, 3.05) is 26.7 Å². The highest BCUT2D eigenvalue weighted by atomic mass is 19.4. The Morgan fingerprint density at radius 2 is 2.20 bits per heavy atom. The number of carbonyl (C=O) groups is 1. The molecule has 4 nitrogen and oxygen atoms in total. The second-order valence-corrected chi connectivity index (χ2v) is 3.47. The van der Waals surface area contributed by atoms with Gasteiger partial charge >= 0.3 is 6.18 Å². The Hall–Kier alpha value is -0.820. The average molecular weight is 226 g/mol. The number of likely N-dealkylation sites (tertiary alicyclic amines) is 1. The number of rotatable bonds is 2. The van der Waals surface area contributed by atoms with Gasteiger partial charge in [0.25, 0.3) is 0 Å². The van der Waals surface area contributed by atoms with Crippen molar-refractivity contribution in [3.8, 4) is 0 Å². The molecule has 0 saturated carbocycles. The highest BCUT2D eigenvalue weighted by molar-refractivity contribution is 5.78. The molecule has 0 aromatic heterocycles. The van der Waals surface area contributed by atoms with Crippen molar-refractivity contribution in [1.82, 2.24) is 4.90 Å². The summed E-state index contributed by atoms with van der Waals surface area (Å²) in [6.45, 7) is -0.718. The van der Waals surface area contributed by atoms with Gasteiger partial charge in [-0.15, -0.1) is 0 Å². The van der Waals surface area contributed by atoms with Crippen LogP contribution in [0.5, 0.6) is 0 Å². The predicted molar refractivity (Wildman–Crippen MR) is 46.0 cm³/mol. The molecular formula is C8H13F3N2O2. The van der Waals surface area contributed by atoms with Gasteiger partial charge in [0.15, 0.2) is 5.60 Å². The Balaban J connectivity index is 2.78. The summed E-state index contributed by atoms with van der Waals surface area (Å²) in [4.78, 5) is 12.2. The molecule has 0 aromatic carbocycles. The lowest BCUT2D eigenvalue weighted by Gasteiger charge is -2.30. The van der Waals surface area contributed by atoms with Crippen LogP contribution in [-0.4, -0.2) is 49.3 Å². The molecule has 0 bridgehead atoms. The molecule has 0 aliphatic carbocycles. The van der Waals surface area contributed by atoms with Crippen molar-refractivity contribution >= 4 is 5.91 Å². The number of hydrogen-bond donors (Lipinski definition) is 1. The van der Waals surface area contributed by atoms with E-state index < -0.39 is 24.2 Å². The normalized spacial score (nSPS) is 27.1. The summed E-state index contributed by atoms with van der Waals surface area (Å²) < 4.78 is 42.5. The van der Waals surface area contributed by atoms with Crippen LogP contribution in [0.2, 0.25) is 0 Å². The summed E-state index contributed by atoms with van der Waals surface area (Å²) in [7, 11) is 1.00. The Morgan fingerprint density at radius 3 is 2.53 bits per heavy atom. The van der Waals surface area contributed by atoms with Gasteiger partial charge in [-0.25, -0.2) is 0 Å². The van der Waals surface area contributed by atoms with E-state index in [-0.39, 0.29) is 19.5 Å². The maximum Gasteiger partial charge on any atom is 0.419 e. The fourth-order valence-corrected chi connectivity index (χ4v) is 1.64. The van der Waals surface area contributed by atoms with E-state index in [0.29, 0.717) is 0 Å². The third kappa shape index (κ3) is 2.07. The monoisotopic (exact) mass is 226 g/mol. The molecule has 2 N–H and O–H groups in total. The molecule has 7 heteroatoms. The molecule has 0 aromatic rings. The van der Waals surface area contributed by atoms with E-state index in [9.17, 15) is 18.0 Å². The minimum Gasteiger partial charge on any atom is -0.367 e. The van der Waals surface area contributed by atoms with Crippen molar-refractivity contribution in [3.63, 3.8) is 0 Å². The molecule has 0 spiro atoms. The lowest BCUT2D eigenvalue weighted by Crippen LogP contribution is -2.50. The van der Waals surface area contributed by atoms with Crippen LogP contribution in [0.1, 0.15) is 6.42 Å².